The maximum absolute atomic E-state index is 12.5. The van der Waals surface area contributed by atoms with Crippen molar-refractivity contribution < 1.29 is 9.72 Å². The number of rotatable bonds is 6. The van der Waals surface area contributed by atoms with E-state index < -0.39 is 4.92 Å². The van der Waals surface area contributed by atoms with Gasteiger partial charge in [-0.25, -0.2) is 0 Å². The van der Waals surface area contributed by atoms with Crippen molar-refractivity contribution in [2.24, 2.45) is 0 Å². The summed E-state index contributed by atoms with van der Waals surface area (Å²) in [6.45, 7) is 1.86. The molecule has 0 aliphatic carbocycles. The van der Waals surface area contributed by atoms with Crippen LogP contribution in [0.1, 0.15) is 24.0 Å². The zero-order chi connectivity index (χ0) is 18.8. The lowest BCUT2D eigenvalue weighted by Gasteiger charge is -2.29. The largest absolute Gasteiger partial charge is 0.372 e. The maximum Gasteiger partial charge on any atom is 0.372 e. The summed E-state index contributed by atoms with van der Waals surface area (Å²) in [5.74, 6) is 0.308. The molecule has 27 heavy (non-hydrogen) atoms. The van der Waals surface area contributed by atoms with Gasteiger partial charge in [0.2, 0.25) is 11.7 Å². The summed E-state index contributed by atoms with van der Waals surface area (Å²) in [5, 5.41) is 16.1. The lowest BCUT2D eigenvalue weighted by Crippen LogP contribution is -2.36. The minimum absolute atomic E-state index is 0.0646. The van der Waals surface area contributed by atoms with Crippen molar-refractivity contribution in [1.82, 2.24) is 14.3 Å². The molecule has 3 aromatic rings. The standard InChI is InChI=1S/C18H19N5O3S/c24-15(21-9-7-13-4-1-2-5-14(13)12-21)6-3-8-19-16-17(23(25)26)22-10-11-27-18(22)20-16/h1-2,4-5,10-11,19H,3,6-9,12H2. The molecule has 1 N–H and O–H groups in total. The van der Waals surface area contributed by atoms with E-state index in [4.69, 9.17) is 0 Å². The molecule has 140 valence electrons. The summed E-state index contributed by atoms with van der Waals surface area (Å²) in [7, 11) is 0. The molecule has 0 saturated heterocycles. The van der Waals surface area contributed by atoms with E-state index in [0.29, 0.717) is 30.9 Å². The Morgan fingerprint density at radius 2 is 2.15 bits per heavy atom. The van der Waals surface area contributed by atoms with Gasteiger partial charge in [0, 0.05) is 31.4 Å². The molecule has 2 aromatic heterocycles. The van der Waals surface area contributed by atoms with Crippen LogP contribution in [0.15, 0.2) is 35.8 Å². The number of thiazole rings is 1. The average molecular weight is 385 g/mol. The Morgan fingerprint density at radius 1 is 1.33 bits per heavy atom. The Kier molecular flexibility index (Phi) is 4.76. The number of amides is 1. The average Bonchev–Trinajstić information content (AvgIpc) is 3.25. The lowest BCUT2D eigenvalue weighted by atomic mass is 9.99. The van der Waals surface area contributed by atoms with Gasteiger partial charge in [0.05, 0.1) is 0 Å². The van der Waals surface area contributed by atoms with E-state index in [1.54, 1.807) is 11.6 Å². The molecule has 0 atom stereocenters. The quantitative estimate of drug-likeness (QED) is 0.400. The number of imidazole rings is 1. The fourth-order valence-corrected chi connectivity index (χ4v) is 4.09. The number of aromatic nitrogens is 2. The second-order valence-corrected chi connectivity index (χ2v) is 7.33. The first-order chi connectivity index (χ1) is 13.1. The van der Waals surface area contributed by atoms with Crippen molar-refractivity contribution in [3.63, 3.8) is 0 Å². The Bertz CT molecular complexity index is 996. The molecule has 1 amide bonds. The molecule has 3 heterocycles. The molecule has 0 bridgehead atoms. The maximum atomic E-state index is 12.5. The Labute approximate surface area is 159 Å². The van der Waals surface area contributed by atoms with Crippen LogP contribution in [0.25, 0.3) is 4.96 Å². The molecule has 0 fully saturated rings. The first-order valence-electron chi connectivity index (χ1n) is 8.82. The molecule has 0 radical (unpaired) electrons. The number of carbonyl (C=O) groups excluding carboxylic acids is 1. The van der Waals surface area contributed by atoms with Gasteiger partial charge in [-0.2, -0.15) is 9.38 Å². The van der Waals surface area contributed by atoms with E-state index in [0.717, 1.165) is 13.0 Å². The van der Waals surface area contributed by atoms with Crippen LogP contribution in [0.4, 0.5) is 11.6 Å². The number of nitro groups is 1. The molecule has 0 saturated carbocycles. The zero-order valence-electron chi connectivity index (χ0n) is 14.6. The van der Waals surface area contributed by atoms with Crippen LogP contribution in [-0.2, 0) is 17.8 Å². The normalized spacial score (nSPS) is 13.6. The second kappa shape index (κ2) is 7.36. The molecular formula is C18H19N5O3S. The highest BCUT2D eigenvalue weighted by Crippen LogP contribution is 2.28. The van der Waals surface area contributed by atoms with Crippen LogP contribution < -0.4 is 5.32 Å². The van der Waals surface area contributed by atoms with Gasteiger partial charge in [0.25, 0.3) is 4.96 Å². The van der Waals surface area contributed by atoms with E-state index in [1.807, 2.05) is 17.0 Å². The lowest BCUT2D eigenvalue weighted by molar-refractivity contribution is -0.389. The van der Waals surface area contributed by atoms with Crippen molar-refractivity contribution in [1.29, 1.82) is 0 Å². The molecule has 8 nitrogen and oxygen atoms in total. The predicted molar refractivity (Wildman–Crippen MR) is 103 cm³/mol. The fourth-order valence-electron chi connectivity index (χ4n) is 3.38. The third-order valence-electron chi connectivity index (χ3n) is 4.75. The summed E-state index contributed by atoms with van der Waals surface area (Å²) >= 11 is 1.34. The van der Waals surface area contributed by atoms with Gasteiger partial charge in [-0.15, -0.1) is 0 Å². The number of fused-ring (bicyclic) bond motifs is 2. The summed E-state index contributed by atoms with van der Waals surface area (Å²) in [6, 6.07) is 8.21. The van der Waals surface area contributed by atoms with Crippen LogP contribution in [-0.4, -0.2) is 38.2 Å². The van der Waals surface area contributed by atoms with Crippen LogP contribution in [0.2, 0.25) is 0 Å². The number of benzene rings is 1. The number of nitrogens with zero attached hydrogens (tertiary/aromatic N) is 4. The number of hydrogen-bond acceptors (Lipinski definition) is 6. The zero-order valence-corrected chi connectivity index (χ0v) is 15.4. The van der Waals surface area contributed by atoms with E-state index >= 15 is 0 Å². The Hall–Kier alpha value is -2.94. The van der Waals surface area contributed by atoms with Gasteiger partial charge in [-0.1, -0.05) is 35.6 Å². The third-order valence-corrected chi connectivity index (χ3v) is 5.51. The highest BCUT2D eigenvalue weighted by Gasteiger charge is 2.23. The van der Waals surface area contributed by atoms with Crippen molar-refractivity contribution in [3.05, 3.63) is 57.1 Å². The summed E-state index contributed by atoms with van der Waals surface area (Å²) in [6.07, 6.45) is 3.52. The number of nitrogens with one attached hydrogen (secondary N) is 1. The summed E-state index contributed by atoms with van der Waals surface area (Å²) in [5.41, 5.74) is 2.53. The van der Waals surface area contributed by atoms with Crippen molar-refractivity contribution >= 4 is 33.8 Å². The van der Waals surface area contributed by atoms with E-state index in [2.05, 4.69) is 22.4 Å². The van der Waals surface area contributed by atoms with Gasteiger partial charge < -0.3 is 20.3 Å². The fraction of sp³-hybridized carbons (Fsp3) is 0.333. The van der Waals surface area contributed by atoms with Crippen molar-refractivity contribution in [2.45, 2.75) is 25.8 Å². The number of hydrogen-bond donors (Lipinski definition) is 1. The van der Waals surface area contributed by atoms with E-state index in [-0.39, 0.29) is 17.5 Å². The molecule has 0 unspecified atom stereocenters. The Morgan fingerprint density at radius 3 is 2.96 bits per heavy atom. The minimum atomic E-state index is -0.439. The van der Waals surface area contributed by atoms with Crippen LogP contribution in [0.3, 0.4) is 0 Å². The van der Waals surface area contributed by atoms with E-state index in [1.165, 1.54) is 26.9 Å². The van der Waals surface area contributed by atoms with Crippen LogP contribution in [0, 0.1) is 10.1 Å². The van der Waals surface area contributed by atoms with Crippen molar-refractivity contribution in [3.8, 4) is 0 Å². The highest BCUT2D eigenvalue weighted by molar-refractivity contribution is 7.15. The smallest absolute Gasteiger partial charge is 0.363 e. The minimum Gasteiger partial charge on any atom is -0.363 e. The summed E-state index contributed by atoms with van der Waals surface area (Å²) in [4.78, 5) is 30.0. The molecule has 1 aliphatic heterocycles. The first kappa shape index (κ1) is 17.5. The summed E-state index contributed by atoms with van der Waals surface area (Å²) < 4.78 is 1.46. The number of anilines is 1. The van der Waals surface area contributed by atoms with Crippen LogP contribution >= 0.6 is 11.3 Å². The van der Waals surface area contributed by atoms with Crippen molar-refractivity contribution in [2.75, 3.05) is 18.4 Å². The monoisotopic (exact) mass is 385 g/mol. The number of carbonyl (C=O) groups is 1. The molecular weight excluding hydrogens is 366 g/mol. The van der Waals surface area contributed by atoms with Gasteiger partial charge in [0.1, 0.15) is 6.20 Å². The molecule has 1 aromatic carbocycles. The van der Waals surface area contributed by atoms with Gasteiger partial charge >= 0.3 is 5.82 Å². The molecule has 4 rings (SSSR count). The topological polar surface area (TPSA) is 92.8 Å². The molecule has 1 aliphatic rings. The molecule has 9 heteroatoms. The predicted octanol–water partition coefficient (Wildman–Crippen LogP) is 3.08. The second-order valence-electron chi connectivity index (χ2n) is 6.46. The Balaban J connectivity index is 1.31. The van der Waals surface area contributed by atoms with Crippen LogP contribution in [0.5, 0.6) is 0 Å². The molecule has 0 spiro atoms. The SMILES string of the molecule is O=C(CCCNc1nc2sccn2c1[N+](=O)[O-])N1CCc2ccccc2C1. The first-order valence-corrected chi connectivity index (χ1v) is 9.70. The van der Waals surface area contributed by atoms with E-state index in [9.17, 15) is 14.9 Å². The van der Waals surface area contributed by atoms with Gasteiger partial charge in [-0.05, 0) is 28.9 Å². The third kappa shape index (κ3) is 3.50. The van der Waals surface area contributed by atoms with Gasteiger partial charge in [-0.3, -0.25) is 4.79 Å². The highest BCUT2D eigenvalue weighted by atomic mass is 32.1. The van der Waals surface area contributed by atoms with Gasteiger partial charge in [0.15, 0.2) is 0 Å².